The van der Waals surface area contributed by atoms with Gasteiger partial charge in [0.15, 0.2) is 0 Å². The molecule has 1 aromatic carbocycles. The molecule has 70 valence electrons. The van der Waals surface area contributed by atoms with Crippen LogP contribution in [0.4, 0.5) is 5.69 Å². The van der Waals surface area contributed by atoms with Crippen LogP contribution in [0.5, 0.6) is 5.75 Å². The minimum absolute atomic E-state index is 0.925. The van der Waals surface area contributed by atoms with Gasteiger partial charge in [0.25, 0.3) is 0 Å². The topological polar surface area (TPSA) is 12.5 Å². The summed E-state index contributed by atoms with van der Waals surface area (Å²) >= 11 is 3.49. The van der Waals surface area contributed by atoms with Crippen LogP contribution < -0.4 is 9.64 Å². The molecule has 0 saturated heterocycles. The highest BCUT2D eigenvalue weighted by Gasteiger charge is 2.17. The molecule has 3 heteroatoms. The average molecular weight is 242 g/mol. The summed E-state index contributed by atoms with van der Waals surface area (Å²) in [5.74, 6) is 0.925. The number of fused-ring (bicyclic) bond motifs is 1. The molecule has 0 aliphatic carbocycles. The van der Waals surface area contributed by atoms with Gasteiger partial charge in [-0.15, -0.1) is 0 Å². The molecule has 0 amide bonds. The zero-order chi connectivity index (χ0) is 9.42. The van der Waals surface area contributed by atoms with Crippen LogP contribution in [0.3, 0.4) is 0 Å². The van der Waals surface area contributed by atoms with Crippen LogP contribution in [0.1, 0.15) is 5.56 Å². The zero-order valence-corrected chi connectivity index (χ0v) is 9.39. The number of benzene rings is 1. The predicted molar refractivity (Wildman–Crippen MR) is 57.7 cm³/mol. The molecule has 0 unspecified atom stereocenters. The van der Waals surface area contributed by atoms with Crippen LogP contribution in [0.25, 0.3) is 0 Å². The molecular weight excluding hydrogens is 230 g/mol. The molecule has 0 bridgehead atoms. The van der Waals surface area contributed by atoms with Crippen molar-refractivity contribution in [2.75, 3.05) is 25.6 Å². The van der Waals surface area contributed by atoms with Crippen molar-refractivity contribution in [1.82, 2.24) is 0 Å². The number of rotatable bonds is 1. The number of hydrogen-bond acceptors (Lipinski definition) is 2. The normalized spacial score (nSPS) is 14.5. The molecule has 1 heterocycles. The molecule has 0 atom stereocenters. The van der Waals surface area contributed by atoms with Gasteiger partial charge in [-0.25, -0.2) is 0 Å². The zero-order valence-electron chi connectivity index (χ0n) is 7.80. The van der Waals surface area contributed by atoms with Crippen molar-refractivity contribution in [1.29, 1.82) is 0 Å². The van der Waals surface area contributed by atoms with E-state index in [1.807, 2.05) is 0 Å². The first kappa shape index (κ1) is 8.88. The van der Waals surface area contributed by atoms with E-state index in [2.05, 4.69) is 40.0 Å². The van der Waals surface area contributed by atoms with Crippen LogP contribution in [0, 0.1) is 0 Å². The summed E-state index contributed by atoms with van der Waals surface area (Å²) in [6.07, 6.45) is 1.12. The third-order valence-corrected chi connectivity index (χ3v) is 3.10. The summed E-state index contributed by atoms with van der Waals surface area (Å²) < 4.78 is 6.27. The second-order valence-corrected chi connectivity index (χ2v) is 4.14. The first-order valence-corrected chi connectivity index (χ1v) is 5.09. The monoisotopic (exact) mass is 241 g/mol. The molecule has 2 rings (SSSR count). The van der Waals surface area contributed by atoms with Gasteiger partial charge in [-0.05, 0) is 40.0 Å². The largest absolute Gasteiger partial charge is 0.496 e. The summed E-state index contributed by atoms with van der Waals surface area (Å²) in [4.78, 5) is 2.26. The maximum absolute atomic E-state index is 5.24. The predicted octanol–water partition coefficient (Wildman–Crippen LogP) is 2.45. The number of likely N-dealkylation sites (N-methyl/N-ethyl adjacent to an activating group) is 1. The fourth-order valence-corrected chi connectivity index (χ4v) is 2.20. The van der Waals surface area contributed by atoms with E-state index < -0.39 is 0 Å². The van der Waals surface area contributed by atoms with Crippen molar-refractivity contribution in [3.8, 4) is 5.75 Å². The Labute approximate surface area is 86.6 Å². The van der Waals surface area contributed by atoms with Crippen molar-refractivity contribution < 1.29 is 4.74 Å². The van der Waals surface area contributed by atoms with E-state index >= 15 is 0 Å². The van der Waals surface area contributed by atoms with Gasteiger partial charge in [0, 0.05) is 19.3 Å². The van der Waals surface area contributed by atoms with Crippen molar-refractivity contribution in [2.24, 2.45) is 0 Å². The van der Waals surface area contributed by atoms with Crippen molar-refractivity contribution in [3.05, 3.63) is 22.2 Å². The average Bonchev–Trinajstić information content (AvgIpc) is 2.47. The van der Waals surface area contributed by atoms with E-state index in [1.54, 1.807) is 7.11 Å². The molecule has 0 spiro atoms. The molecule has 0 aromatic heterocycles. The lowest BCUT2D eigenvalue weighted by Crippen LogP contribution is -2.12. The maximum atomic E-state index is 5.24. The number of hydrogen-bond donors (Lipinski definition) is 0. The smallest absolute Gasteiger partial charge is 0.133 e. The van der Waals surface area contributed by atoms with Crippen LogP contribution >= 0.6 is 15.9 Å². The molecule has 0 N–H and O–H groups in total. The van der Waals surface area contributed by atoms with Gasteiger partial charge in [0.2, 0.25) is 0 Å². The van der Waals surface area contributed by atoms with E-state index in [9.17, 15) is 0 Å². The Kier molecular flexibility index (Phi) is 2.20. The highest BCUT2D eigenvalue weighted by Crippen LogP contribution is 2.36. The van der Waals surface area contributed by atoms with Crippen LogP contribution in [0.2, 0.25) is 0 Å². The molecule has 0 radical (unpaired) electrons. The Morgan fingerprint density at radius 2 is 2.23 bits per heavy atom. The number of halogens is 1. The van der Waals surface area contributed by atoms with E-state index in [4.69, 9.17) is 4.74 Å². The lowest BCUT2D eigenvalue weighted by atomic mass is 10.1. The second-order valence-electron chi connectivity index (χ2n) is 3.29. The van der Waals surface area contributed by atoms with Gasteiger partial charge >= 0.3 is 0 Å². The molecule has 0 saturated carbocycles. The van der Waals surface area contributed by atoms with Crippen molar-refractivity contribution >= 4 is 21.6 Å². The third kappa shape index (κ3) is 1.41. The standard InChI is InChI=1S/C10H12BrNO/c1-12-4-3-7-5-10(13-2)8(11)6-9(7)12/h5-6H,3-4H2,1-2H3. The molecule has 1 aromatic rings. The van der Waals surface area contributed by atoms with Crippen molar-refractivity contribution in [3.63, 3.8) is 0 Å². The maximum Gasteiger partial charge on any atom is 0.133 e. The number of anilines is 1. The quantitative estimate of drug-likeness (QED) is 0.750. The van der Waals surface area contributed by atoms with Gasteiger partial charge in [-0.3, -0.25) is 0 Å². The Balaban J connectivity index is 2.50. The van der Waals surface area contributed by atoms with E-state index in [0.29, 0.717) is 0 Å². The Hall–Kier alpha value is -0.700. The SMILES string of the molecule is COc1cc2c(cc1Br)N(C)CC2. The summed E-state index contributed by atoms with van der Waals surface area (Å²) in [6.45, 7) is 1.11. The molecule has 1 aliphatic rings. The highest BCUT2D eigenvalue weighted by atomic mass is 79.9. The van der Waals surface area contributed by atoms with Crippen molar-refractivity contribution in [2.45, 2.75) is 6.42 Å². The van der Waals surface area contributed by atoms with E-state index in [1.165, 1.54) is 11.3 Å². The van der Waals surface area contributed by atoms with Gasteiger partial charge in [0.05, 0.1) is 11.6 Å². The molecule has 0 fully saturated rings. The third-order valence-electron chi connectivity index (χ3n) is 2.48. The second kappa shape index (κ2) is 3.22. The summed E-state index contributed by atoms with van der Waals surface area (Å²) in [5, 5.41) is 0. The molecule has 2 nitrogen and oxygen atoms in total. The summed E-state index contributed by atoms with van der Waals surface area (Å²) in [5.41, 5.74) is 2.69. The fraction of sp³-hybridized carbons (Fsp3) is 0.400. The number of methoxy groups -OCH3 is 1. The molecule has 13 heavy (non-hydrogen) atoms. The first-order valence-electron chi connectivity index (χ1n) is 4.30. The van der Waals surface area contributed by atoms with Crippen LogP contribution in [0.15, 0.2) is 16.6 Å². The van der Waals surface area contributed by atoms with Gasteiger partial charge in [0.1, 0.15) is 5.75 Å². The van der Waals surface area contributed by atoms with Crippen LogP contribution in [-0.4, -0.2) is 20.7 Å². The van der Waals surface area contributed by atoms with Crippen LogP contribution in [-0.2, 0) is 6.42 Å². The molecular formula is C10H12BrNO. The van der Waals surface area contributed by atoms with E-state index in [0.717, 1.165) is 23.2 Å². The number of nitrogens with zero attached hydrogens (tertiary/aromatic N) is 1. The van der Waals surface area contributed by atoms with Gasteiger partial charge in [-0.2, -0.15) is 0 Å². The molecule has 1 aliphatic heterocycles. The van der Waals surface area contributed by atoms with E-state index in [-0.39, 0.29) is 0 Å². The Bertz CT molecular complexity index is 338. The fourth-order valence-electron chi connectivity index (χ4n) is 1.71. The summed E-state index contributed by atoms with van der Waals surface area (Å²) in [6, 6.07) is 4.24. The van der Waals surface area contributed by atoms with Gasteiger partial charge < -0.3 is 9.64 Å². The van der Waals surface area contributed by atoms with Gasteiger partial charge in [-0.1, -0.05) is 0 Å². The minimum Gasteiger partial charge on any atom is -0.496 e. The Morgan fingerprint density at radius 1 is 1.46 bits per heavy atom. The lowest BCUT2D eigenvalue weighted by Gasteiger charge is -2.13. The minimum atomic E-state index is 0.925. The lowest BCUT2D eigenvalue weighted by molar-refractivity contribution is 0.412. The summed E-state index contributed by atoms with van der Waals surface area (Å²) in [7, 11) is 3.82. The number of ether oxygens (including phenoxy) is 1. The first-order chi connectivity index (χ1) is 6.22. The highest BCUT2D eigenvalue weighted by molar-refractivity contribution is 9.10. The Morgan fingerprint density at radius 3 is 2.92 bits per heavy atom.